The van der Waals surface area contributed by atoms with Crippen LogP contribution in [0, 0.1) is 12.8 Å². The van der Waals surface area contributed by atoms with E-state index in [-0.39, 0.29) is 41.2 Å². The molecule has 0 bridgehead atoms. The second kappa shape index (κ2) is 8.73. The van der Waals surface area contributed by atoms with Crippen molar-refractivity contribution in [3.8, 4) is 0 Å². The van der Waals surface area contributed by atoms with Gasteiger partial charge in [-0.2, -0.15) is 0 Å². The average molecular weight is 540 g/mol. The van der Waals surface area contributed by atoms with Gasteiger partial charge < -0.3 is 4.90 Å². The Kier molecular flexibility index (Phi) is 6.07. The summed E-state index contributed by atoms with van der Waals surface area (Å²) in [5.41, 5.74) is 1.20. The molecule has 36 heavy (non-hydrogen) atoms. The van der Waals surface area contributed by atoms with Crippen LogP contribution in [-0.2, 0) is 20.0 Å². The molecule has 0 atom stereocenters. The van der Waals surface area contributed by atoms with Gasteiger partial charge in [0.15, 0.2) is 5.65 Å². The Morgan fingerprint density at radius 2 is 1.75 bits per heavy atom. The van der Waals surface area contributed by atoms with Gasteiger partial charge in [0.2, 0.25) is 15.9 Å². The molecular weight excluding hydrogens is 512 g/mol. The van der Waals surface area contributed by atoms with Crippen molar-refractivity contribution in [3.63, 3.8) is 0 Å². The van der Waals surface area contributed by atoms with E-state index in [9.17, 15) is 25.6 Å². The van der Waals surface area contributed by atoms with E-state index in [1.54, 1.807) is 30.3 Å². The monoisotopic (exact) mass is 539 g/mol. The average Bonchev–Trinajstić information content (AvgIpc) is 3.19. The van der Waals surface area contributed by atoms with Crippen molar-refractivity contribution in [1.82, 2.24) is 18.7 Å². The van der Waals surface area contributed by atoms with Crippen LogP contribution in [0.2, 0.25) is 0 Å². The van der Waals surface area contributed by atoms with Crippen molar-refractivity contribution < 1.29 is 25.6 Å². The number of fused-ring (bicyclic) bond motifs is 1. The summed E-state index contributed by atoms with van der Waals surface area (Å²) in [7, 11) is -5.67. The number of nitrogens with one attached hydrogen (secondary N) is 1. The van der Waals surface area contributed by atoms with Crippen molar-refractivity contribution in [2.24, 2.45) is 5.92 Å². The third kappa shape index (κ3) is 4.71. The molecule has 0 aliphatic heterocycles. The van der Waals surface area contributed by atoms with Gasteiger partial charge in [0.1, 0.15) is 12.1 Å². The van der Waals surface area contributed by atoms with E-state index in [4.69, 9.17) is 0 Å². The van der Waals surface area contributed by atoms with Gasteiger partial charge in [0.05, 0.1) is 16.0 Å². The first-order chi connectivity index (χ1) is 16.8. The van der Waals surface area contributed by atoms with E-state index in [2.05, 4.69) is 14.7 Å². The molecule has 13 heteroatoms. The molecule has 1 N–H and O–H groups in total. The normalized spacial score (nSPS) is 22.2. The number of sulfonamides is 1. The molecule has 5 rings (SSSR count). The highest BCUT2D eigenvalue weighted by Gasteiger charge is 2.47. The molecule has 2 heterocycles. The summed E-state index contributed by atoms with van der Waals surface area (Å²) >= 11 is 0. The van der Waals surface area contributed by atoms with Gasteiger partial charge in [-0.1, -0.05) is 17.7 Å². The van der Waals surface area contributed by atoms with Crippen LogP contribution >= 0.6 is 0 Å². The van der Waals surface area contributed by atoms with Gasteiger partial charge in [-0.15, -0.1) is 0 Å². The fourth-order valence-electron chi connectivity index (χ4n) is 4.90. The largest absolute Gasteiger partial charge is 0.356 e. The lowest BCUT2D eigenvalue weighted by molar-refractivity contribution is -0.103. The predicted molar refractivity (Wildman–Crippen MR) is 131 cm³/mol. The molecule has 1 aromatic carbocycles. The number of rotatable bonds is 8. The first-order valence-corrected chi connectivity index (χ1v) is 14.7. The number of aryl methyl sites for hydroxylation is 1. The van der Waals surface area contributed by atoms with Crippen LogP contribution in [0.25, 0.3) is 11.0 Å². The van der Waals surface area contributed by atoms with Crippen LogP contribution in [0.15, 0.2) is 47.8 Å². The first-order valence-electron chi connectivity index (χ1n) is 11.6. The number of anilines is 1. The van der Waals surface area contributed by atoms with Gasteiger partial charge in [0, 0.05) is 38.2 Å². The van der Waals surface area contributed by atoms with Gasteiger partial charge >= 0.3 is 0 Å². The van der Waals surface area contributed by atoms with Crippen molar-refractivity contribution in [2.45, 2.75) is 55.5 Å². The second-order valence-corrected chi connectivity index (χ2v) is 13.4. The Labute approximate surface area is 208 Å². The van der Waals surface area contributed by atoms with Crippen LogP contribution in [-0.4, -0.2) is 61.6 Å². The molecule has 2 aliphatic carbocycles. The molecule has 9 nitrogen and oxygen atoms in total. The highest BCUT2D eigenvalue weighted by Crippen LogP contribution is 2.43. The number of benzene rings is 1. The number of hydrogen-bond donors (Lipinski definition) is 1. The maximum Gasteiger partial charge on any atom is 0.269 e. The highest BCUT2D eigenvalue weighted by atomic mass is 32.2. The molecule has 0 unspecified atom stereocenters. The Morgan fingerprint density at radius 1 is 1.08 bits per heavy atom. The standard InChI is InChI=1S/C23H27F2N5O4S2/c1-15-3-5-19(6-4-15)36(33,34)30-8-7-20-21(26-14-27-22(20)30)29(2)18-9-17(10-18)28-35(31,32)13-16-11-23(24,25)12-16/h3-8,14,16-18,28H,9-13H2,1-2H3. The molecule has 0 spiro atoms. The molecule has 0 amide bonds. The zero-order valence-corrected chi connectivity index (χ0v) is 21.4. The number of nitrogens with zero attached hydrogens (tertiary/aromatic N) is 4. The lowest BCUT2D eigenvalue weighted by Gasteiger charge is -2.42. The van der Waals surface area contributed by atoms with Crippen LogP contribution in [0.4, 0.5) is 14.6 Å². The quantitative estimate of drug-likeness (QED) is 0.468. The summed E-state index contributed by atoms with van der Waals surface area (Å²) in [6.07, 6.45) is 3.03. The summed E-state index contributed by atoms with van der Waals surface area (Å²) in [4.78, 5) is 10.6. The van der Waals surface area contributed by atoms with Crippen molar-refractivity contribution in [1.29, 1.82) is 0 Å². The molecule has 3 aromatic rings. The summed E-state index contributed by atoms with van der Waals surface area (Å²) in [6.45, 7) is 1.88. The summed E-state index contributed by atoms with van der Waals surface area (Å²) in [6, 6.07) is 7.91. The van der Waals surface area contributed by atoms with E-state index in [0.29, 0.717) is 24.0 Å². The van der Waals surface area contributed by atoms with Crippen LogP contribution in [0.3, 0.4) is 0 Å². The summed E-state index contributed by atoms with van der Waals surface area (Å²) in [5, 5.41) is 0.561. The zero-order chi connectivity index (χ0) is 25.9. The number of halogens is 2. The van der Waals surface area contributed by atoms with Crippen LogP contribution in [0.5, 0.6) is 0 Å². The summed E-state index contributed by atoms with van der Waals surface area (Å²) in [5.74, 6) is -2.99. The molecule has 2 aromatic heterocycles. The molecule has 2 saturated carbocycles. The third-order valence-corrected chi connectivity index (χ3v) is 10.3. The predicted octanol–water partition coefficient (Wildman–Crippen LogP) is 2.91. The van der Waals surface area contributed by atoms with Crippen LogP contribution < -0.4 is 9.62 Å². The van der Waals surface area contributed by atoms with Gasteiger partial charge in [0.25, 0.3) is 10.0 Å². The molecule has 194 valence electrons. The Hall–Kier alpha value is -2.64. The van der Waals surface area contributed by atoms with E-state index in [0.717, 1.165) is 9.54 Å². The zero-order valence-electron chi connectivity index (χ0n) is 19.8. The lowest BCUT2D eigenvalue weighted by Crippen LogP contribution is -2.54. The van der Waals surface area contributed by atoms with E-state index < -0.39 is 31.9 Å². The van der Waals surface area contributed by atoms with Crippen molar-refractivity contribution in [2.75, 3.05) is 17.7 Å². The minimum Gasteiger partial charge on any atom is -0.356 e. The molecule has 0 saturated heterocycles. The number of alkyl halides is 2. The third-order valence-electron chi connectivity index (χ3n) is 6.98. The molecular formula is C23H27F2N5O4S2. The van der Waals surface area contributed by atoms with Crippen molar-refractivity contribution >= 4 is 36.9 Å². The summed E-state index contributed by atoms with van der Waals surface area (Å²) < 4.78 is 80.9. The fraction of sp³-hybridized carbons (Fsp3) is 0.478. The fourth-order valence-corrected chi connectivity index (χ4v) is 7.86. The van der Waals surface area contributed by atoms with E-state index in [1.165, 1.54) is 12.5 Å². The topological polar surface area (TPSA) is 114 Å². The van der Waals surface area contributed by atoms with E-state index in [1.807, 2.05) is 18.9 Å². The van der Waals surface area contributed by atoms with Crippen LogP contribution in [0.1, 0.15) is 31.2 Å². The minimum atomic E-state index is -3.85. The molecule has 2 aliphatic rings. The first kappa shape index (κ1) is 25.0. The van der Waals surface area contributed by atoms with Gasteiger partial charge in [-0.25, -0.2) is 44.3 Å². The highest BCUT2D eigenvalue weighted by molar-refractivity contribution is 7.90. The number of aromatic nitrogens is 3. The van der Waals surface area contributed by atoms with Crippen molar-refractivity contribution in [3.05, 3.63) is 48.4 Å². The SMILES string of the molecule is Cc1ccc(S(=O)(=O)n2ccc3c(N(C)C4CC(NS(=O)(=O)CC5CC(F)(F)C5)C4)ncnc32)cc1. The molecule has 0 radical (unpaired) electrons. The van der Waals surface area contributed by atoms with Gasteiger partial charge in [-0.05, 0) is 43.9 Å². The lowest BCUT2D eigenvalue weighted by atomic mass is 9.83. The maximum atomic E-state index is 13.2. The second-order valence-electron chi connectivity index (χ2n) is 9.83. The number of hydrogen-bond acceptors (Lipinski definition) is 7. The van der Waals surface area contributed by atoms with Gasteiger partial charge in [-0.3, -0.25) is 0 Å². The smallest absolute Gasteiger partial charge is 0.269 e. The van der Waals surface area contributed by atoms with E-state index >= 15 is 0 Å². The molecule has 2 fully saturated rings. The maximum absolute atomic E-state index is 13.2. The Balaban J connectivity index is 1.28. The Bertz CT molecular complexity index is 1490. The Morgan fingerprint density at radius 3 is 2.39 bits per heavy atom. The minimum absolute atomic E-state index is 0.0270.